The Morgan fingerprint density at radius 1 is 1.14 bits per heavy atom. The van der Waals surface area contributed by atoms with Gasteiger partial charge in [0.05, 0.1) is 15.6 Å². The second-order valence-electron chi connectivity index (χ2n) is 4.47. The number of ether oxygens (including phenoxy) is 2. The van der Waals surface area contributed by atoms with E-state index in [2.05, 4.69) is 5.32 Å². The zero-order valence-electron chi connectivity index (χ0n) is 10.8. The summed E-state index contributed by atoms with van der Waals surface area (Å²) in [6.07, 6.45) is 0. The van der Waals surface area contributed by atoms with Crippen molar-refractivity contribution in [1.82, 2.24) is 0 Å². The first-order chi connectivity index (χ1) is 10.2. The largest absolute Gasteiger partial charge is 0.454 e. The molecule has 2 aromatic carbocycles. The van der Waals surface area contributed by atoms with Crippen LogP contribution in [0.2, 0.25) is 10.0 Å². The maximum atomic E-state index is 8.96. The van der Waals surface area contributed by atoms with Gasteiger partial charge in [0.15, 0.2) is 11.5 Å². The van der Waals surface area contributed by atoms with Crippen LogP contribution in [0.3, 0.4) is 0 Å². The third kappa shape index (κ3) is 2.85. The third-order valence-electron chi connectivity index (χ3n) is 3.07. The molecular weight excluding hydrogens is 311 g/mol. The van der Waals surface area contributed by atoms with Gasteiger partial charge in [-0.1, -0.05) is 23.2 Å². The molecule has 0 aromatic heterocycles. The molecule has 0 saturated heterocycles. The van der Waals surface area contributed by atoms with Crippen LogP contribution in [0.4, 0.5) is 5.69 Å². The maximum Gasteiger partial charge on any atom is 0.231 e. The molecule has 0 unspecified atom stereocenters. The first-order valence-corrected chi connectivity index (χ1v) is 6.94. The van der Waals surface area contributed by atoms with Crippen LogP contribution in [0, 0.1) is 11.3 Å². The monoisotopic (exact) mass is 320 g/mol. The Bertz CT molecular complexity index is 741. The molecule has 1 aliphatic rings. The first-order valence-electron chi connectivity index (χ1n) is 6.19. The fourth-order valence-electron chi connectivity index (χ4n) is 2.05. The van der Waals surface area contributed by atoms with Gasteiger partial charge in [0.25, 0.3) is 0 Å². The maximum absolute atomic E-state index is 8.96. The lowest BCUT2D eigenvalue weighted by atomic mass is 10.1. The smallest absolute Gasteiger partial charge is 0.231 e. The minimum atomic E-state index is 0.189. The van der Waals surface area contributed by atoms with Gasteiger partial charge in [0, 0.05) is 12.2 Å². The van der Waals surface area contributed by atoms with Crippen LogP contribution in [-0.4, -0.2) is 6.79 Å². The molecule has 0 radical (unpaired) electrons. The van der Waals surface area contributed by atoms with E-state index in [1.165, 1.54) is 0 Å². The Labute approximate surface area is 131 Å². The van der Waals surface area contributed by atoms with Crippen molar-refractivity contribution < 1.29 is 9.47 Å². The van der Waals surface area contributed by atoms with Crippen LogP contribution in [0.25, 0.3) is 0 Å². The molecule has 0 spiro atoms. The van der Waals surface area contributed by atoms with Crippen molar-refractivity contribution >= 4 is 28.9 Å². The highest BCUT2D eigenvalue weighted by Crippen LogP contribution is 2.39. The predicted octanol–water partition coefficient (Wildman–Crippen LogP) is 4.21. The molecule has 0 amide bonds. The first kappa shape index (κ1) is 13.9. The van der Waals surface area contributed by atoms with Gasteiger partial charge in [-0.3, -0.25) is 0 Å². The third-order valence-corrected chi connectivity index (χ3v) is 3.68. The number of nitrogens with one attached hydrogen (secondary N) is 1. The highest BCUT2D eigenvalue weighted by molar-refractivity contribution is 6.32. The molecule has 6 heteroatoms. The van der Waals surface area contributed by atoms with Crippen molar-refractivity contribution in [2.24, 2.45) is 0 Å². The Balaban J connectivity index is 1.77. The second-order valence-corrected chi connectivity index (χ2v) is 5.29. The van der Waals surface area contributed by atoms with Crippen molar-refractivity contribution in [3.63, 3.8) is 0 Å². The molecule has 0 bridgehead atoms. The van der Waals surface area contributed by atoms with E-state index in [0.717, 1.165) is 11.3 Å². The normalized spacial score (nSPS) is 12.0. The topological polar surface area (TPSA) is 54.3 Å². The minimum absolute atomic E-state index is 0.189. The van der Waals surface area contributed by atoms with Crippen molar-refractivity contribution in [2.45, 2.75) is 6.54 Å². The van der Waals surface area contributed by atoms with E-state index in [4.69, 9.17) is 37.9 Å². The predicted molar refractivity (Wildman–Crippen MR) is 81.1 cm³/mol. The summed E-state index contributed by atoms with van der Waals surface area (Å²) >= 11 is 12.0. The van der Waals surface area contributed by atoms with Gasteiger partial charge in [-0.15, -0.1) is 0 Å². The highest BCUT2D eigenvalue weighted by Gasteiger charge is 2.18. The molecule has 21 heavy (non-hydrogen) atoms. The van der Waals surface area contributed by atoms with Crippen LogP contribution >= 0.6 is 23.2 Å². The molecule has 2 aromatic rings. The van der Waals surface area contributed by atoms with E-state index < -0.39 is 0 Å². The molecule has 0 saturated carbocycles. The lowest BCUT2D eigenvalue weighted by molar-refractivity contribution is 0.174. The Kier molecular flexibility index (Phi) is 3.78. The Morgan fingerprint density at radius 3 is 2.81 bits per heavy atom. The molecule has 4 nitrogen and oxygen atoms in total. The standard InChI is InChI=1S/C15H10Cl2N2O2/c16-12-2-1-11(5-10(12)6-18)19-7-9-3-13(17)15-14(4-9)20-8-21-15/h1-5,19H,7-8H2. The zero-order valence-corrected chi connectivity index (χ0v) is 12.3. The molecule has 3 rings (SSSR count). The van der Waals surface area contributed by atoms with Crippen LogP contribution in [-0.2, 0) is 6.54 Å². The molecule has 0 aliphatic carbocycles. The van der Waals surface area contributed by atoms with Gasteiger partial charge >= 0.3 is 0 Å². The highest BCUT2D eigenvalue weighted by atomic mass is 35.5. The average Bonchev–Trinajstić information content (AvgIpc) is 2.95. The van der Waals surface area contributed by atoms with Crippen LogP contribution < -0.4 is 14.8 Å². The van der Waals surface area contributed by atoms with Crippen LogP contribution in [0.5, 0.6) is 11.5 Å². The fourth-order valence-corrected chi connectivity index (χ4v) is 2.50. The van der Waals surface area contributed by atoms with Gasteiger partial charge in [0.1, 0.15) is 6.07 Å². The molecule has 1 N–H and O–H groups in total. The lowest BCUT2D eigenvalue weighted by Crippen LogP contribution is -2.00. The Hall–Kier alpha value is -2.09. The van der Waals surface area contributed by atoms with E-state index in [9.17, 15) is 0 Å². The van der Waals surface area contributed by atoms with E-state index in [-0.39, 0.29) is 6.79 Å². The summed E-state index contributed by atoms with van der Waals surface area (Å²) in [6.45, 7) is 0.734. The van der Waals surface area contributed by atoms with Crippen LogP contribution in [0.1, 0.15) is 11.1 Å². The summed E-state index contributed by atoms with van der Waals surface area (Å²) < 4.78 is 10.6. The van der Waals surface area contributed by atoms with Crippen molar-refractivity contribution in [1.29, 1.82) is 5.26 Å². The van der Waals surface area contributed by atoms with Gasteiger partial charge in [-0.05, 0) is 35.9 Å². The van der Waals surface area contributed by atoms with E-state index >= 15 is 0 Å². The second kappa shape index (κ2) is 5.72. The molecule has 0 fully saturated rings. The summed E-state index contributed by atoms with van der Waals surface area (Å²) in [5, 5.41) is 13.1. The fraction of sp³-hybridized carbons (Fsp3) is 0.133. The number of hydrogen-bond donors (Lipinski definition) is 1. The Morgan fingerprint density at radius 2 is 2.00 bits per heavy atom. The number of rotatable bonds is 3. The van der Waals surface area contributed by atoms with E-state index in [1.807, 2.05) is 24.3 Å². The quantitative estimate of drug-likeness (QED) is 0.920. The number of hydrogen-bond acceptors (Lipinski definition) is 4. The number of benzene rings is 2. The average molecular weight is 321 g/mol. The molecule has 0 atom stereocenters. The summed E-state index contributed by atoms with van der Waals surface area (Å²) in [5.74, 6) is 1.23. The number of nitrogens with zero attached hydrogens (tertiary/aromatic N) is 1. The lowest BCUT2D eigenvalue weighted by Gasteiger charge is -2.09. The zero-order chi connectivity index (χ0) is 14.8. The number of nitriles is 1. The van der Waals surface area contributed by atoms with Gasteiger partial charge in [-0.25, -0.2) is 0 Å². The van der Waals surface area contributed by atoms with Crippen molar-refractivity contribution in [2.75, 3.05) is 12.1 Å². The molecule has 1 heterocycles. The van der Waals surface area contributed by atoms with E-state index in [0.29, 0.717) is 33.7 Å². The summed E-state index contributed by atoms with van der Waals surface area (Å²) in [4.78, 5) is 0. The molecular formula is C15H10Cl2N2O2. The number of anilines is 1. The SMILES string of the molecule is N#Cc1cc(NCc2cc(Cl)c3c(c2)OCO3)ccc1Cl. The van der Waals surface area contributed by atoms with Crippen LogP contribution in [0.15, 0.2) is 30.3 Å². The summed E-state index contributed by atoms with van der Waals surface area (Å²) in [5.41, 5.74) is 2.20. The minimum Gasteiger partial charge on any atom is -0.454 e. The number of halogens is 2. The van der Waals surface area contributed by atoms with E-state index in [1.54, 1.807) is 12.1 Å². The summed E-state index contributed by atoms with van der Waals surface area (Å²) in [7, 11) is 0. The number of fused-ring (bicyclic) bond motifs is 1. The van der Waals surface area contributed by atoms with Gasteiger partial charge in [-0.2, -0.15) is 5.26 Å². The summed E-state index contributed by atoms with van der Waals surface area (Å²) in [6, 6.07) is 11.0. The molecule has 1 aliphatic heterocycles. The molecule has 106 valence electrons. The van der Waals surface area contributed by atoms with Gasteiger partial charge < -0.3 is 14.8 Å². The van der Waals surface area contributed by atoms with Crippen molar-refractivity contribution in [3.8, 4) is 17.6 Å². The van der Waals surface area contributed by atoms with Gasteiger partial charge in [0.2, 0.25) is 6.79 Å². The van der Waals surface area contributed by atoms with Crippen molar-refractivity contribution in [3.05, 3.63) is 51.5 Å².